The minimum atomic E-state index is -3.19. The molecule has 0 aromatic heterocycles. The monoisotopic (exact) mass is 386 g/mol. The molecule has 23 heavy (non-hydrogen) atoms. The zero-order chi connectivity index (χ0) is 18.9. The molecule has 0 atom stereocenters. The average molecular weight is 387 g/mol. The lowest BCUT2D eigenvalue weighted by molar-refractivity contribution is 0.480. The molecule has 0 amide bonds. The van der Waals surface area contributed by atoms with Gasteiger partial charge in [0.15, 0.2) is 0 Å². The molecule has 0 fully saturated rings. The quantitative estimate of drug-likeness (QED) is 0.371. The molecule has 0 aliphatic heterocycles. The second kappa shape index (κ2) is 15.9. The molecule has 0 aromatic rings. The van der Waals surface area contributed by atoms with Crippen molar-refractivity contribution >= 4 is 29.8 Å². The predicted octanol–water partition coefficient (Wildman–Crippen LogP) is 1.75. The fourth-order valence-electron chi connectivity index (χ4n) is 0.921. The van der Waals surface area contributed by atoms with Crippen LogP contribution in [0.5, 0.6) is 0 Å². The van der Waals surface area contributed by atoms with Crippen molar-refractivity contribution < 1.29 is 16.8 Å². The highest BCUT2D eigenvalue weighted by Crippen LogP contribution is 1.96. The minimum Gasteiger partial charge on any atom is -0.310 e. The van der Waals surface area contributed by atoms with Gasteiger partial charge in [-0.05, 0) is 0 Å². The van der Waals surface area contributed by atoms with Crippen LogP contribution in [0.2, 0.25) is 0 Å². The topological polar surface area (TPSA) is 83.6 Å². The first-order chi connectivity index (χ1) is 10.4. The maximum Gasteiger partial charge on any atom is 0.229 e. The highest BCUT2D eigenvalue weighted by molar-refractivity contribution is 8.13. The van der Waals surface area contributed by atoms with E-state index in [0.29, 0.717) is 13.1 Å². The summed E-state index contributed by atoms with van der Waals surface area (Å²) >= 11 is 0. The van der Waals surface area contributed by atoms with E-state index in [1.165, 1.54) is 10.6 Å². The van der Waals surface area contributed by atoms with Crippen molar-refractivity contribution in [2.75, 3.05) is 38.7 Å². The van der Waals surface area contributed by atoms with Gasteiger partial charge in [0.2, 0.25) is 19.1 Å². The van der Waals surface area contributed by atoms with Crippen molar-refractivity contribution in [1.29, 1.82) is 0 Å². The number of halogens is 1. The first-order valence-electron chi connectivity index (χ1n) is 6.43. The SMILES string of the molecule is C=CCN(CC=C)S(C)(=O)=O.C=CCNCC=C.CS(=O)(=O)Cl. The van der Waals surface area contributed by atoms with E-state index in [4.69, 9.17) is 0 Å². The van der Waals surface area contributed by atoms with Crippen molar-refractivity contribution in [3.05, 3.63) is 50.6 Å². The van der Waals surface area contributed by atoms with Gasteiger partial charge in [-0.15, -0.1) is 26.3 Å². The largest absolute Gasteiger partial charge is 0.310 e. The Morgan fingerprint density at radius 2 is 1.17 bits per heavy atom. The normalized spacial score (nSPS) is 10.4. The Labute approximate surface area is 145 Å². The molecular weight excluding hydrogens is 360 g/mol. The van der Waals surface area contributed by atoms with Crippen molar-refractivity contribution in [2.45, 2.75) is 0 Å². The van der Waals surface area contributed by atoms with Crippen LogP contribution >= 0.6 is 10.7 Å². The molecule has 6 nitrogen and oxygen atoms in total. The zero-order valence-corrected chi connectivity index (χ0v) is 16.1. The number of nitrogens with one attached hydrogen (secondary N) is 1. The van der Waals surface area contributed by atoms with Crippen LogP contribution in [-0.4, -0.2) is 59.8 Å². The van der Waals surface area contributed by atoms with Gasteiger partial charge in [0.05, 0.1) is 12.5 Å². The van der Waals surface area contributed by atoms with Gasteiger partial charge in [0.25, 0.3) is 0 Å². The summed E-state index contributed by atoms with van der Waals surface area (Å²) in [5, 5.41) is 3.05. The van der Waals surface area contributed by atoms with Gasteiger partial charge in [-0.3, -0.25) is 0 Å². The molecule has 0 unspecified atom stereocenters. The number of nitrogens with zero attached hydrogens (tertiary/aromatic N) is 1. The van der Waals surface area contributed by atoms with E-state index in [2.05, 4.69) is 42.3 Å². The van der Waals surface area contributed by atoms with Gasteiger partial charge in [0.1, 0.15) is 0 Å². The second-order valence-corrected chi connectivity index (χ2v) is 9.10. The van der Waals surface area contributed by atoms with E-state index in [1.807, 2.05) is 12.2 Å². The molecule has 0 aliphatic rings. The van der Waals surface area contributed by atoms with Gasteiger partial charge in [-0.25, -0.2) is 16.8 Å². The zero-order valence-electron chi connectivity index (χ0n) is 13.7. The van der Waals surface area contributed by atoms with Crippen LogP contribution in [0.1, 0.15) is 0 Å². The summed E-state index contributed by atoms with van der Waals surface area (Å²) in [7, 11) is -1.79. The molecule has 136 valence electrons. The molecule has 0 aromatic carbocycles. The van der Waals surface area contributed by atoms with Crippen LogP contribution in [0.25, 0.3) is 0 Å². The average Bonchev–Trinajstić information content (AvgIpc) is 2.37. The molecule has 0 heterocycles. The molecule has 0 spiro atoms. The maximum absolute atomic E-state index is 10.9. The summed E-state index contributed by atoms with van der Waals surface area (Å²) in [5.41, 5.74) is 0. The van der Waals surface area contributed by atoms with E-state index in [1.54, 1.807) is 12.2 Å². The number of sulfonamides is 1. The second-order valence-electron chi connectivity index (χ2n) is 4.07. The Hall–Kier alpha value is -0.930. The Balaban J connectivity index is -0.000000286. The summed E-state index contributed by atoms with van der Waals surface area (Å²) in [5.74, 6) is 0. The van der Waals surface area contributed by atoms with Crippen LogP contribution in [0, 0.1) is 0 Å². The first kappa shape index (κ1) is 26.9. The van der Waals surface area contributed by atoms with E-state index in [-0.39, 0.29) is 0 Å². The van der Waals surface area contributed by atoms with Crippen LogP contribution in [0.15, 0.2) is 50.6 Å². The van der Waals surface area contributed by atoms with Gasteiger partial charge in [-0.2, -0.15) is 4.31 Å². The fourth-order valence-corrected chi connectivity index (χ4v) is 1.67. The predicted molar refractivity (Wildman–Crippen MR) is 101 cm³/mol. The molecular formula is C14H27ClN2O4S2. The highest BCUT2D eigenvalue weighted by atomic mass is 35.7. The summed E-state index contributed by atoms with van der Waals surface area (Å²) in [6.45, 7) is 16.4. The van der Waals surface area contributed by atoms with E-state index >= 15 is 0 Å². The van der Waals surface area contributed by atoms with E-state index in [0.717, 1.165) is 19.3 Å². The number of rotatable bonds is 9. The van der Waals surface area contributed by atoms with Crippen LogP contribution in [0.4, 0.5) is 0 Å². The third-order valence-electron chi connectivity index (χ3n) is 1.71. The fraction of sp³-hybridized carbons (Fsp3) is 0.429. The molecule has 0 bridgehead atoms. The Morgan fingerprint density at radius 1 is 0.870 bits per heavy atom. The van der Waals surface area contributed by atoms with E-state index in [9.17, 15) is 16.8 Å². The van der Waals surface area contributed by atoms with Crippen LogP contribution in [-0.2, 0) is 19.1 Å². The lowest BCUT2D eigenvalue weighted by Gasteiger charge is -2.14. The van der Waals surface area contributed by atoms with Crippen molar-refractivity contribution in [2.24, 2.45) is 0 Å². The highest BCUT2D eigenvalue weighted by Gasteiger charge is 2.11. The third-order valence-corrected chi connectivity index (χ3v) is 2.95. The number of hydrogen-bond donors (Lipinski definition) is 1. The van der Waals surface area contributed by atoms with E-state index < -0.39 is 19.1 Å². The molecule has 0 saturated carbocycles. The summed E-state index contributed by atoms with van der Waals surface area (Å²) in [6.07, 6.45) is 8.83. The Kier molecular flexibility index (Phi) is 18.7. The van der Waals surface area contributed by atoms with Gasteiger partial charge in [0, 0.05) is 36.9 Å². The molecule has 9 heteroatoms. The lowest BCUT2D eigenvalue weighted by Crippen LogP contribution is -2.30. The van der Waals surface area contributed by atoms with Gasteiger partial charge in [-0.1, -0.05) is 24.3 Å². The summed E-state index contributed by atoms with van der Waals surface area (Å²) in [6, 6.07) is 0. The van der Waals surface area contributed by atoms with Gasteiger partial charge < -0.3 is 5.32 Å². The van der Waals surface area contributed by atoms with Crippen molar-refractivity contribution in [3.8, 4) is 0 Å². The summed E-state index contributed by atoms with van der Waals surface area (Å²) < 4.78 is 42.0. The number of hydrogen-bond acceptors (Lipinski definition) is 5. The lowest BCUT2D eigenvalue weighted by atomic mass is 10.5. The van der Waals surface area contributed by atoms with Crippen LogP contribution in [0.3, 0.4) is 0 Å². The van der Waals surface area contributed by atoms with Gasteiger partial charge >= 0.3 is 0 Å². The van der Waals surface area contributed by atoms with Crippen molar-refractivity contribution in [3.63, 3.8) is 0 Å². The summed E-state index contributed by atoms with van der Waals surface area (Å²) in [4.78, 5) is 0. The maximum atomic E-state index is 10.9. The van der Waals surface area contributed by atoms with Crippen LogP contribution < -0.4 is 5.32 Å². The Bertz CT molecular complexity index is 517. The first-order valence-corrected chi connectivity index (χ1v) is 11.0. The minimum absolute atomic E-state index is 0.338. The molecule has 0 rings (SSSR count). The molecule has 0 saturated heterocycles. The molecule has 0 radical (unpaired) electrons. The Morgan fingerprint density at radius 3 is 1.35 bits per heavy atom. The molecule has 1 N–H and O–H groups in total. The molecule has 0 aliphatic carbocycles. The smallest absolute Gasteiger partial charge is 0.229 e. The third kappa shape index (κ3) is 33.7. The van der Waals surface area contributed by atoms with Crippen molar-refractivity contribution in [1.82, 2.24) is 9.62 Å². The standard InChI is InChI=1S/C7H13NO2S.C6H11N.CH3ClO2S/c1-4-6-8(7-5-2)11(3,9)10;1-3-5-7-6-4-2;1-5(2,3)4/h4-5H,1-2,6-7H2,3H3;3-4,7H,1-2,5-6H2;1H3.